The highest BCUT2D eigenvalue weighted by atomic mass is 16.6. The minimum Gasteiger partial charge on any atom is -0.444 e. The van der Waals surface area contributed by atoms with Crippen LogP contribution < -0.4 is 5.32 Å². The molecule has 1 fully saturated rings. The molecule has 0 aromatic rings. The normalized spacial score (nSPS) is 18.8. The highest BCUT2D eigenvalue weighted by molar-refractivity contribution is 5.67. The van der Waals surface area contributed by atoms with Crippen molar-refractivity contribution in [2.45, 2.75) is 58.5 Å². The number of hydrogen-bond acceptors (Lipinski definition) is 2. The number of nitrogens with one attached hydrogen (secondary N) is 1. The molecule has 1 aliphatic rings. The van der Waals surface area contributed by atoms with Crippen LogP contribution in [0.25, 0.3) is 0 Å². The number of hydrogen-bond donors (Lipinski definition) is 1. The van der Waals surface area contributed by atoms with E-state index in [4.69, 9.17) is 4.74 Å². The van der Waals surface area contributed by atoms with Gasteiger partial charge in [-0.1, -0.05) is 18.9 Å². The van der Waals surface area contributed by atoms with Crippen molar-refractivity contribution in [2.75, 3.05) is 6.54 Å². The monoisotopic (exact) mass is 239 g/mol. The zero-order chi connectivity index (χ0) is 12.9. The first-order valence-corrected chi connectivity index (χ1v) is 6.45. The quantitative estimate of drug-likeness (QED) is 0.760. The Labute approximate surface area is 105 Å². The van der Waals surface area contributed by atoms with E-state index in [9.17, 15) is 4.79 Å². The second-order valence-corrected chi connectivity index (χ2v) is 6.06. The first-order chi connectivity index (χ1) is 7.87. The number of carbonyl (C=O) groups excluding carboxylic acids is 1. The number of carbonyl (C=O) groups is 1. The van der Waals surface area contributed by atoms with Gasteiger partial charge in [0, 0.05) is 6.54 Å². The van der Waals surface area contributed by atoms with Crippen LogP contribution in [0.5, 0.6) is 0 Å². The first-order valence-electron chi connectivity index (χ1n) is 6.45. The average Bonchev–Trinajstić information content (AvgIpc) is 2.62. The van der Waals surface area contributed by atoms with Crippen LogP contribution in [-0.4, -0.2) is 18.2 Å². The third-order valence-electron chi connectivity index (χ3n) is 3.25. The summed E-state index contributed by atoms with van der Waals surface area (Å²) in [5.41, 5.74) is -0.204. The average molecular weight is 239 g/mol. The molecule has 0 spiro atoms. The van der Waals surface area contributed by atoms with Gasteiger partial charge in [0.25, 0.3) is 0 Å². The Morgan fingerprint density at radius 1 is 1.41 bits per heavy atom. The lowest BCUT2D eigenvalue weighted by atomic mass is 9.83. The summed E-state index contributed by atoms with van der Waals surface area (Å²) in [6.07, 6.45) is 7.48. The van der Waals surface area contributed by atoms with E-state index in [1.807, 2.05) is 26.8 Å². The maximum Gasteiger partial charge on any atom is 0.407 e. The van der Waals surface area contributed by atoms with E-state index < -0.39 is 5.60 Å². The van der Waals surface area contributed by atoms with E-state index in [0.29, 0.717) is 6.54 Å². The lowest BCUT2D eigenvalue weighted by molar-refractivity contribution is 0.0500. The summed E-state index contributed by atoms with van der Waals surface area (Å²) in [6.45, 7) is 10.1. The first kappa shape index (κ1) is 14.1. The Balaban J connectivity index is 2.42. The molecule has 0 aliphatic heterocycles. The van der Waals surface area contributed by atoms with Gasteiger partial charge in [-0.2, -0.15) is 0 Å². The zero-order valence-electron chi connectivity index (χ0n) is 11.3. The van der Waals surface area contributed by atoms with E-state index in [1.165, 1.54) is 25.7 Å². The number of ether oxygens (including phenoxy) is 1. The largest absolute Gasteiger partial charge is 0.444 e. The van der Waals surface area contributed by atoms with E-state index in [1.54, 1.807) is 0 Å². The molecule has 1 aliphatic carbocycles. The molecule has 1 N–H and O–H groups in total. The zero-order valence-corrected chi connectivity index (χ0v) is 11.3. The Hall–Kier alpha value is -0.990. The highest BCUT2D eigenvalue weighted by Crippen LogP contribution is 2.40. The van der Waals surface area contributed by atoms with Gasteiger partial charge in [-0.3, -0.25) is 0 Å². The van der Waals surface area contributed by atoms with Crippen LogP contribution in [0.15, 0.2) is 12.7 Å². The predicted octanol–water partition coefficient (Wildman–Crippen LogP) is 3.65. The van der Waals surface area contributed by atoms with Crippen molar-refractivity contribution < 1.29 is 9.53 Å². The van der Waals surface area contributed by atoms with Crippen LogP contribution in [0.3, 0.4) is 0 Å². The van der Waals surface area contributed by atoms with Gasteiger partial charge in [-0.15, -0.1) is 6.58 Å². The van der Waals surface area contributed by atoms with Crippen molar-refractivity contribution in [3.63, 3.8) is 0 Å². The maximum atomic E-state index is 11.6. The van der Waals surface area contributed by atoms with Gasteiger partial charge in [-0.25, -0.2) is 4.79 Å². The van der Waals surface area contributed by atoms with Crippen LogP contribution in [0, 0.1) is 5.41 Å². The number of alkyl carbamates (subject to hydrolysis) is 1. The summed E-state index contributed by atoms with van der Waals surface area (Å²) in [4.78, 5) is 11.6. The Morgan fingerprint density at radius 3 is 2.47 bits per heavy atom. The van der Waals surface area contributed by atoms with Crippen molar-refractivity contribution in [1.82, 2.24) is 5.32 Å². The standard InChI is InChI=1S/C14H25NO2/c1-5-8-14(9-6-7-10-14)11-15-12(16)17-13(2,3)4/h5H,1,6-11H2,2-4H3,(H,15,16). The minimum atomic E-state index is -0.425. The SMILES string of the molecule is C=CCC1(CNC(=O)OC(C)(C)C)CCCC1. The van der Waals surface area contributed by atoms with Gasteiger partial charge in [0.05, 0.1) is 0 Å². The summed E-state index contributed by atoms with van der Waals surface area (Å²) < 4.78 is 5.24. The topological polar surface area (TPSA) is 38.3 Å². The fourth-order valence-corrected chi connectivity index (χ4v) is 2.46. The molecular formula is C14H25NO2. The number of rotatable bonds is 4. The third-order valence-corrected chi connectivity index (χ3v) is 3.25. The lowest BCUT2D eigenvalue weighted by Gasteiger charge is -2.28. The molecule has 0 radical (unpaired) electrons. The van der Waals surface area contributed by atoms with Crippen LogP contribution in [0.4, 0.5) is 4.79 Å². The lowest BCUT2D eigenvalue weighted by Crippen LogP contribution is -2.39. The maximum absolute atomic E-state index is 11.6. The van der Waals surface area contributed by atoms with Crippen molar-refractivity contribution in [2.24, 2.45) is 5.41 Å². The fraction of sp³-hybridized carbons (Fsp3) is 0.786. The Morgan fingerprint density at radius 2 is 2.00 bits per heavy atom. The third kappa shape index (κ3) is 4.80. The molecule has 0 heterocycles. The van der Waals surface area contributed by atoms with Crippen molar-refractivity contribution >= 4 is 6.09 Å². The molecule has 0 atom stereocenters. The molecule has 3 nitrogen and oxygen atoms in total. The second-order valence-electron chi connectivity index (χ2n) is 6.06. The van der Waals surface area contributed by atoms with Crippen molar-refractivity contribution in [1.29, 1.82) is 0 Å². The molecule has 0 saturated heterocycles. The van der Waals surface area contributed by atoms with Crippen molar-refractivity contribution in [3.8, 4) is 0 Å². The molecule has 0 aromatic heterocycles. The Kier molecular flexibility index (Phi) is 4.61. The summed E-state index contributed by atoms with van der Waals surface area (Å²) in [5, 5.41) is 2.90. The molecule has 0 aromatic carbocycles. The molecule has 1 rings (SSSR count). The molecule has 1 saturated carbocycles. The van der Waals surface area contributed by atoms with Gasteiger partial charge in [0.1, 0.15) is 5.60 Å². The van der Waals surface area contributed by atoms with Gasteiger partial charge in [0.2, 0.25) is 0 Å². The van der Waals surface area contributed by atoms with E-state index >= 15 is 0 Å². The van der Waals surface area contributed by atoms with Crippen molar-refractivity contribution in [3.05, 3.63) is 12.7 Å². The van der Waals surface area contributed by atoms with Gasteiger partial charge in [0.15, 0.2) is 0 Å². The Bertz CT molecular complexity index is 272. The number of allylic oxidation sites excluding steroid dienone is 1. The smallest absolute Gasteiger partial charge is 0.407 e. The van der Waals surface area contributed by atoms with E-state index in [0.717, 1.165) is 6.42 Å². The molecule has 0 unspecified atom stereocenters. The molecule has 1 amide bonds. The predicted molar refractivity (Wildman–Crippen MR) is 70.0 cm³/mol. The van der Waals surface area contributed by atoms with Crippen LogP contribution in [0.1, 0.15) is 52.9 Å². The van der Waals surface area contributed by atoms with Crippen LogP contribution in [0.2, 0.25) is 0 Å². The van der Waals surface area contributed by atoms with Crippen LogP contribution >= 0.6 is 0 Å². The summed E-state index contributed by atoms with van der Waals surface area (Å²) >= 11 is 0. The molecule has 17 heavy (non-hydrogen) atoms. The number of amides is 1. The van der Waals surface area contributed by atoms with Gasteiger partial charge >= 0.3 is 6.09 Å². The second kappa shape index (κ2) is 5.56. The minimum absolute atomic E-state index is 0.221. The van der Waals surface area contributed by atoms with Crippen LogP contribution in [-0.2, 0) is 4.74 Å². The van der Waals surface area contributed by atoms with Gasteiger partial charge < -0.3 is 10.1 Å². The molecule has 3 heteroatoms. The fourth-order valence-electron chi connectivity index (χ4n) is 2.46. The summed E-state index contributed by atoms with van der Waals surface area (Å²) in [6, 6.07) is 0. The molecular weight excluding hydrogens is 214 g/mol. The summed E-state index contributed by atoms with van der Waals surface area (Å²) in [5.74, 6) is 0. The highest BCUT2D eigenvalue weighted by Gasteiger charge is 2.33. The van der Waals surface area contributed by atoms with E-state index in [-0.39, 0.29) is 11.5 Å². The molecule has 0 bridgehead atoms. The van der Waals surface area contributed by atoms with Gasteiger partial charge in [-0.05, 0) is 45.4 Å². The molecule has 98 valence electrons. The summed E-state index contributed by atoms with van der Waals surface area (Å²) in [7, 11) is 0. The van der Waals surface area contributed by atoms with E-state index in [2.05, 4.69) is 11.9 Å².